The summed E-state index contributed by atoms with van der Waals surface area (Å²) >= 11 is 0. The Balaban J connectivity index is 1.17. The maximum absolute atomic E-state index is 15.3. The Bertz CT molecular complexity index is 1810. The van der Waals surface area contributed by atoms with Crippen molar-refractivity contribution in [3.8, 4) is 17.2 Å². The number of fused-ring (bicyclic) bond motifs is 1. The van der Waals surface area contributed by atoms with Gasteiger partial charge in [0.05, 0.1) is 36.5 Å². The standard InChI is InChI=1S/C34H35FN6O3/c1-22-5-8-24(9-6-22)41-25(19-30(39-41)34(2,3)4)18-26(42)17-23-7-10-27(20-28(23)35)44-29-11-12-36-33-32(29)37-21-31(38-33)40-13-15-43-16-14-40/h5-12,19-21H,13-18H2,1-4H3. The number of ether oxygens (including phenoxy) is 2. The summed E-state index contributed by atoms with van der Waals surface area (Å²) in [6.07, 6.45) is 3.35. The number of benzene rings is 2. The smallest absolute Gasteiger partial charge is 0.184 e. The molecule has 44 heavy (non-hydrogen) atoms. The number of aryl methyl sites for hydroxylation is 1. The number of aromatic nitrogens is 5. The zero-order chi connectivity index (χ0) is 30.8. The maximum Gasteiger partial charge on any atom is 0.184 e. The lowest BCUT2D eigenvalue weighted by atomic mass is 9.92. The first-order valence-electron chi connectivity index (χ1n) is 14.7. The largest absolute Gasteiger partial charge is 0.455 e. The molecule has 5 aromatic rings. The van der Waals surface area contributed by atoms with Crippen LogP contribution >= 0.6 is 0 Å². The van der Waals surface area contributed by atoms with Crippen molar-refractivity contribution in [2.45, 2.75) is 46.0 Å². The number of nitrogens with zero attached hydrogens (tertiary/aromatic N) is 6. The van der Waals surface area contributed by atoms with E-state index in [0.29, 0.717) is 35.7 Å². The molecule has 0 spiro atoms. The van der Waals surface area contributed by atoms with Gasteiger partial charge in [-0.25, -0.2) is 24.0 Å². The first-order valence-corrected chi connectivity index (χ1v) is 14.7. The predicted octanol–water partition coefficient (Wildman–Crippen LogP) is 5.94. The highest BCUT2D eigenvalue weighted by Gasteiger charge is 2.22. The average Bonchev–Trinajstić information content (AvgIpc) is 3.43. The summed E-state index contributed by atoms with van der Waals surface area (Å²) in [7, 11) is 0. The van der Waals surface area contributed by atoms with Crippen LogP contribution in [0.25, 0.3) is 16.9 Å². The minimum absolute atomic E-state index is 0.0516. The van der Waals surface area contributed by atoms with Crippen LogP contribution in [-0.4, -0.2) is 56.8 Å². The van der Waals surface area contributed by atoms with Crippen LogP contribution in [0.5, 0.6) is 11.5 Å². The molecule has 1 aliphatic heterocycles. The van der Waals surface area contributed by atoms with Crippen LogP contribution in [0, 0.1) is 12.7 Å². The molecule has 0 unspecified atom stereocenters. The molecule has 10 heteroatoms. The number of pyridine rings is 1. The molecule has 0 saturated carbocycles. The molecule has 6 rings (SSSR count). The predicted molar refractivity (Wildman–Crippen MR) is 166 cm³/mol. The summed E-state index contributed by atoms with van der Waals surface area (Å²) in [6.45, 7) is 11.0. The van der Waals surface area contributed by atoms with Gasteiger partial charge in [-0.05, 0) is 36.8 Å². The van der Waals surface area contributed by atoms with E-state index < -0.39 is 5.82 Å². The molecule has 0 N–H and O–H groups in total. The van der Waals surface area contributed by atoms with Crippen molar-refractivity contribution in [3.05, 3.63) is 95.3 Å². The summed E-state index contributed by atoms with van der Waals surface area (Å²) in [6, 6.07) is 16.2. The second-order valence-corrected chi connectivity index (χ2v) is 12.1. The number of ketones is 1. The van der Waals surface area contributed by atoms with Gasteiger partial charge in [0, 0.05) is 49.7 Å². The van der Waals surface area contributed by atoms with Gasteiger partial charge in [0.15, 0.2) is 16.9 Å². The van der Waals surface area contributed by atoms with E-state index in [9.17, 15) is 4.79 Å². The molecule has 0 radical (unpaired) electrons. The van der Waals surface area contributed by atoms with E-state index in [1.807, 2.05) is 41.9 Å². The lowest BCUT2D eigenvalue weighted by Crippen LogP contribution is -2.36. The van der Waals surface area contributed by atoms with Crippen molar-refractivity contribution >= 4 is 22.8 Å². The molecule has 0 aliphatic carbocycles. The van der Waals surface area contributed by atoms with Gasteiger partial charge >= 0.3 is 0 Å². The van der Waals surface area contributed by atoms with Crippen LogP contribution in [0.4, 0.5) is 10.2 Å². The second kappa shape index (κ2) is 12.1. The van der Waals surface area contributed by atoms with E-state index in [4.69, 9.17) is 14.6 Å². The fourth-order valence-electron chi connectivity index (χ4n) is 5.08. The number of rotatable bonds is 8. The van der Waals surface area contributed by atoms with Gasteiger partial charge in [0.25, 0.3) is 0 Å². The summed E-state index contributed by atoms with van der Waals surface area (Å²) < 4.78 is 28.5. The van der Waals surface area contributed by atoms with Gasteiger partial charge in [-0.15, -0.1) is 0 Å². The fourth-order valence-corrected chi connectivity index (χ4v) is 5.08. The summed E-state index contributed by atoms with van der Waals surface area (Å²) in [5, 5.41) is 4.81. The first kappa shape index (κ1) is 29.4. The number of anilines is 1. The molecule has 1 saturated heterocycles. The highest BCUT2D eigenvalue weighted by atomic mass is 19.1. The molecule has 1 aliphatic rings. The third-order valence-corrected chi connectivity index (χ3v) is 7.58. The Morgan fingerprint density at radius 1 is 1.00 bits per heavy atom. The number of carbonyl (C=O) groups excluding carboxylic acids is 1. The Labute approximate surface area is 255 Å². The van der Waals surface area contributed by atoms with Gasteiger partial charge in [0.2, 0.25) is 0 Å². The van der Waals surface area contributed by atoms with Crippen LogP contribution in [0.2, 0.25) is 0 Å². The lowest BCUT2D eigenvalue weighted by molar-refractivity contribution is -0.117. The first-order chi connectivity index (χ1) is 21.1. The Hall–Kier alpha value is -4.70. The normalized spacial score (nSPS) is 13.8. The molecule has 1 fully saturated rings. The maximum atomic E-state index is 15.3. The molecular formula is C34H35FN6O3. The van der Waals surface area contributed by atoms with E-state index in [-0.39, 0.29) is 29.8 Å². The minimum Gasteiger partial charge on any atom is -0.455 e. The molecule has 0 amide bonds. The van der Waals surface area contributed by atoms with E-state index >= 15 is 4.39 Å². The molecule has 0 bridgehead atoms. The van der Waals surface area contributed by atoms with Crippen molar-refractivity contribution in [2.75, 3.05) is 31.2 Å². The summed E-state index contributed by atoms with van der Waals surface area (Å²) in [5.74, 6) is 0.799. The Kier molecular flexibility index (Phi) is 8.09. The monoisotopic (exact) mass is 594 g/mol. The lowest BCUT2D eigenvalue weighted by Gasteiger charge is -2.27. The Morgan fingerprint density at radius 3 is 2.50 bits per heavy atom. The van der Waals surface area contributed by atoms with Gasteiger partial charge in [-0.3, -0.25) is 4.79 Å². The molecule has 0 atom stereocenters. The van der Waals surface area contributed by atoms with Crippen molar-refractivity contribution in [1.29, 1.82) is 0 Å². The quantitative estimate of drug-likeness (QED) is 0.218. The van der Waals surface area contributed by atoms with Gasteiger partial charge in [0.1, 0.15) is 23.2 Å². The number of hydrogen-bond acceptors (Lipinski definition) is 8. The molecule has 9 nitrogen and oxygen atoms in total. The third kappa shape index (κ3) is 6.45. The van der Waals surface area contributed by atoms with Crippen LogP contribution < -0.4 is 9.64 Å². The molecule has 226 valence electrons. The average molecular weight is 595 g/mol. The van der Waals surface area contributed by atoms with Crippen molar-refractivity contribution in [3.63, 3.8) is 0 Å². The summed E-state index contributed by atoms with van der Waals surface area (Å²) in [5.41, 5.74) is 4.71. The number of carbonyl (C=O) groups is 1. The number of hydrogen-bond donors (Lipinski definition) is 0. The van der Waals surface area contributed by atoms with Crippen LogP contribution in [-0.2, 0) is 27.8 Å². The zero-order valence-electron chi connectivity index (χ0n) is 25.4. The highest BCUT2D eigenvalue weighted by Crippen LogP contribution is 2.30. The highest BCUT2D eigenvalue weighted by molar-refractivity contribution is 5.83. The van der Waals surface area contributed by atoms with Crippen LogP contribution in [0.3, 0.4) is 0 Å². The van der Waals surface area contributed by atoms with E-state index in [1.54, 1.807) is 30.6 Å². The van der Waals surface area contributed by atoms with Crippen LogP contribution in [0.1, 0.15) is 43.3 Å². The van der Waals surface area contributed by atoms with E-state index in [2.05, 4.69) is 40.6 Å². The van der Waals surface area contributed by atoms with Crippen molar-refractivity contribution < 1.29 is 18.7 Å². The Morgan fingerprint density at radius 2 is 1.77 bits per heavy atom. The fraction of sp³-hybridized carbons (Fsp3) is 0.324. The van der Waals surface area contributed by atoms with Gasteiger partial charge < -0.3 is 14.4 Å². The van der Waals surface area contributed by atoms with Gasteiger partial charge in [-0.1, -0.05) is 44.5 Å². The minimum atomic E-state index is -0.516. The van der Waals surface area contributed by atoms with Crippen LogP contribution in [0.15, 0.2) is 67.0 Å². The number of halogens is 1. The van der Waals surface area contributed by atoms with E-state index in [0.717, 1.165) is 41.5 Å². The number of Topliss-reactive ketones (excluding diaryl/α,β-unsaturated/α-hetero) is 1. The van der Waals surface area contributed by atoms with Gasteiger partial charge in [-0.2, -0.15) is 5.10 Å². The van der Waals surface area contributed by atoms with Crippen molar-refractivity contribution in [1.82, 2.24) is 24.7 Å². The zero-order valence-corrected chi connectivity index (χ0v) is 25.4. The topological polar surface area (TPSA) is 95.3 Å². The van der Waals surface area contributed by atoms with E-state index in [1.165, 1.54) is 6.07 Å². The SMILES string of the molecule is Cc1ccc(-n2nc(C(C)(C)C)cc2CC(=O)Cc2ccc(Oc3ccnc4nc(N5CCOCC5)cnc34)cc2F)cc1. The number of morpholine rings is 1. The molecular weight excluding hydrogens is 559 g/mol. The second-order valence-electron chi connectivity index (χ2n) is 12.1. The summed E-state index contributed by atoms with van der Waals surface area (Å²) in [4.78, 5) is 28.9. The molecule has 4 heterocycles. The molecule has 2 aromatic carbocycles. The third-order valence-electron chi connectivity index (χ3n) is 7.58. The molecule has 3 aromatic heterocycles. The van der Waals surface area contributed by atoms with Crippen molar-refractivity contribution in [2.24, 2.45) is 0 Å².